The van der Waals surface area contributed by atoms with Gasteiger partial charge in [0.2, 0.25) is 0 Å². The lowest BCUT2D eigenvalue weighted by Crippen LogP contribution is -2.53. The first-order valence-electron chi connectivity index (χ1n) is 6.04. The minimum Gasteiger partial charge on any atom is -0.391 e. The van der Waals surface area contributed by atoms with Gasteiger partial charge in [0, 0.05) is 17.5 Å². The zero-order chi connectivity index (χ0) is 12.7. The van der Waals surface area contributed by atoms with Gasteiger partial charge in [-0.3, -0.25) is 9.69 Å². The molecule has 1 heterocycles. The van der Waals surface area contributed by atoms with E-state index in [9.17, 15) is 9.90 Å². The van der Waals surface area contributed by atoms with E-state index in [-0.39, 0.29) is 22.8 Å². The van der Waals surface area contributed by atoms with Crippen LogP contribution in [0.2, 0.25) is 0 Å². The number of nitrogens with zero attached hydrogens (tertiary/aromatic N) is 1. The number of hydrogen-bond donors (Lipinski definition) is 1. The largest absolute Gasteiger partial charge is 0.391 e. The topological polar surface area (TPSA) is 40.5 Å². The van der Waals surface area contributed by atoms with E-state index in [2.05, 4.69) is 25.7 Å². The van der Waals surface area contributed by atoms with Crippen molar-refractivity contribution in [3.63, 3.8) is 0 Å². The van der Waals surface area contributed by atoms with Gasteiger partial charge in [-0.2, -0.15) is 0 Å². The molecule has 0 aromatic carbocycles. The highest BCUT2D eigenvalue weighted by Gasteiger charge is 2.45. The van der Waals surface area contributed by atoms with Crippen molar-refractivity contribution >= 4 is 5.78 Å². The predicted octanol–water partition coefficient (Wildman–Crippen LogP) is 1.84. The third-order valence-electron chi connectivity index (χ3n) is 3.24. The number of likely N-dealkylation sites (tertiary alicyclic amines) is 1. The van der Waals surface area contributed by atoms with E-state index in [0.717, 1.165) is 6.54 Å². The maximum absolute atomic E-state index is 12.3. The maximum Gasteiger partial charge on any atom is 0.157 e. The van der Waals surface area contributed by atoms with Crippen LogP contribution in [-0.2, 0) is 4.79 Å². The van der Waals surface area contributed by atoms with Crippen molar-refractivity contribution in [2.75, 3.05) is 6.54 Å². The van der Waals surface area contributed by atoms with Crippen LogP contribution < -0.4 is 0 Å². The first-order valence-corrected chi connectivity index (χ1v) is 6.04. The van der Waals surface area contributed by atoms with Crippen LogP contribution in [0, 0.1) is 5.41 Å². The van der Waals surface area contributed by atoms with Crippen LogP contribution in [0.3, 0.4) is 0 Å². The second-order valence-corrected chi connectivity index (χ2v) is 6.78. The molecule has 2 atom stereocenters. The van der Waals surface area contributed by atoms with Crippen LogP contribution >= 0.6 is 0 Å². The molecule has 0 bridgehead atoms. The summed E-state index contributed by atoms with van der Waals surface area (Å²) in [5.74, 6) is 0.146. The molecule has 16 heavy (non-hydrogen) atoms. The number of carbonyl (C=O) groups is 1. The fourth-order valence-corrected chi connectivity index (χ4v) is 2.29. The van der Waals surface area contributed by atoms with Gasteiger partial charge in [0.05, 0.1) is 12.1 Å². The van der Waals surface area contributed by atoms with Gasteiger partial charge in [-0.05, 0) is 27.2 Å². The van der Waals surface area contributed by atoms with Crippen LogP contribution in [0.5, 0.6) is 0 Å². The minimum atomic E-state index is -0.508. The molecule has 1 aliphatic heterocycles. The molecule has 3 nitrogen and oxygen atoms in total. The number of aliphatic hydroxyl groups excluding tert-OH is 1. The van der Waals surface area contributed by atoms with E-state index >= 15 is 0 Å². The van der Waals surface area contributed by atoms with E-state index in [1.165, 1.54) is 0 Å². The average molecular weight is 227 g/mol. The SMILES string of the molecule is CC(C)(C)C(=O)C1C(O)CCN1C(C)(C)C. The summed E-state index contributed by atoms with van der Waals surface area (Å²) in [6.45, 7) is 12.8. The van der Waals surface area contributed by atoms with Crippen molar-refractivity contribution in [2.24, 2.45) is 5.41 Å². The summed E-state index contributed by atoms with van der Waals surface area (Å²) in [5, 5.41) is 9.99. The third-order valence-corrected chi connectivity index (χ3v) is 3.24. The van der Waals surface area contributed by atoms with E-state index < -0.39 is 6.10 Å². The number of hydrogen-bond acceptors (Lipinski definition) is 3. The molecule has 0 radical (unpaired) electrons. The summed E-state index contributed by atoms with van der Waals surface area (Å²) in [4.78, 5) is 14.5. The second kappa shape index (κ2) is 4.11. The lowest BCUT2D eigenvalue weighted by atomic mass is 9.84. The normalized spacial score (nSPS) is 28.4. The third kappa shape index (κ3) is 2.64. The first-order chi connectivity index (χ1) is 7.05. The monoisotopic (exact) mass is 227 g/mol. The molecule has 1 rings (SSSR count). The van der Waals surface area contributed by atoms with E-state index in [1.54, 1.807) is 0 Å². The van der Waals surface area contributed by atoms with Crippen molar-refractivity contribution in [3.8, 4) is 0 Å². The van der Waals surface area contributed by atoms with Crippen LogP contribution in [0.1, 0.15) is 48.0 Å². The summed E-state index contributed by atoms with van der Waals surface area (Å²) < 4.78 is 0. The lowest BCUT2D eigenvalue weighted by molar-refractivity contribution is -0.135. The molecule has 1 aliphatic rings. The highest BCUT2D eigenvalue weighted by Crippen LogP contribution is 2.31. The molecule has 1 fully saturated rings. The second-order valence-electron chi connectivity index (χ2n) is 6.78. The van der Waals surface area contributed by atoms with Crippen molar-refractivity contribution in [1.29, 1.82) is 0 Å². The van der Waals surface area contributed by atoms with E-state index in [4.69, 9.17) is 0 Å². The van der Waals surface area contributed by atoms with Crippen molar-refractivity contribution in [1.82, 2.24) is 4.90 Å². The van der Waals surface area contributed by atoms with Gasteiger partial charge in [-0.1, -0.05) is 20.8 Å². The molecule has 0 aromatic heterocycles. The summed E-state index contributed by atoms with van der Waals surface area (Å²) in [6.07, 6.45) is 0.190. The van der Waals surface area contributed by atoms with E-state index in [0.29, 0.717) is 6.42 Å². The Kier molecular flexibility index (Phi) is 3.51. The molecule has 1 N–H and O–H groups in total. The highest BCUT2D eigenvalue weighted by molar-refractivity contribution is 5.89. The Morgan fingerprint density at radius 1 is 1.19 bits per heavy atom. The Balaban J connectivity index is 2.95. The Hall–Kier alpha value is -0.410. The smallest absolute Gasteiger partial charge is 0.157 e. The first kappa shape index (κ1) is 13.7. The summed E-state index contributed by atoms with van der Waals surface area (Å²) in [5.41, 5.74) is -0.456. The minimum absolute atomic E-state index is 0.0664. The number of rotatable bonds is 1. The number of ketones is 1. The Bertz CT molecular complexity index is 273. The number of aliphatic hydroxyl groups is 1. The fourth-order valence-electron chi connectivity index (χ4n) is 2.29. The van der Waals surface area contributed by atoms with Gasteiger partial charge in [-0.15, -0.1) is 0 Å². The zero-order valence-electron chi connectivity index (χ0n) is 11.4. The summed E-state index contributed by atoms with van der Waals surface area (Å²) >= 11 is 0. The molecule has 2 unspecified atom stereocenters. The van der Waals surface area contributed by atoms with Gasteiger partial charge in [0.25, 0.3) is 0 Å². The summed E-state index contributed by atoms with van der Waals surface area (Å²) in [6, 6.07) is -0.333. The average Bonchev–Trinajstić information content (AvgIpc) is 2.43. The maximum atomic E-state index is 12.3. The zero-order valence-corrected chi connectivity index (χ0v) is 11.4. The predicted molar refractivity (Wildman–Crippen MR) is 65.3 cm³/mol. The molecule has 0 amide bonds. The fraction of sp³-hybridized carbons (Fsp3) is 0.923. The standard InChI is InChI=1S/C13H25NO2/c1-12(2,3)11(16)10-9(15)7-8-14(10)13(4,5)6/h9-10,15H,7-8H2,1-6H3. The lowest BCUT2D eigenvalue weighted by Gasteiger charge is -2.39. The van der Waals surface area contributed by atoms with Crippen molar-refractivity contribution in [2.45, 2.75) is 65.6 Å². The Morgan fingerprint density at radius 3 is 2.06 bits per heavy atom. The van der Waals surface area contributed by atoms with Gasteiger partial charge in [0.1, 0.15) is 0 Å². The quantitative estimate of drug-likeness (QED) is 0.743. The molecular formula is C13H25NO2. The molecule has 1 saturated heterocycles. The van der Waals surface area contributed by atoms with Crippen LogP contribution in [0.15, 0.2) is 0 Å². The molecular weight excluding hydrogens is 202 g/mol. The molecule has 3 heteroatoms. The Morgan fingerprint density at radius 2 is 1.69 bits per heavy atom. The molecule has 0 spiro atoms. The van der Waals surface area contributed by atoms with Gasteiger partial charge in [0.15, 0.2) is 5.78 Å². The highest BCUT2D eigenvalue weighted by atomic mass is 16.3. The van der Waals surface area contributed by atoms with Crippen molar-refractivity contribution < 1.29 is 9.90 Å². The Labute approximate surface area is 98.8 Å². The van der Waals surface area contributed by atoms with E-state index in [1.807, 2.05) is 20.8 Å². The molecule has 0 saturated carbocycles. The summed E-state index contributed by atoms with van der Waals surface area (Å²) in [7, 11) is 0. The van der Waals surface area contributed by atoms with Gasteiger partial charge >= 0.3 is 0 Å². The van der Waals surface area contributed by atoms with Crippen LogP contribution in [0.4, 0.5) is 0 Å². The van der Waals surface area contributed by atoms with Crippen LogP contribution in [-0.4, -0.2) is 40.0 Å². The number of Topliss-reactive ketones (excluding diaryl/α,β-unsaturated/α-hetero) is 1. The molecule has 0 aromatic rings. The van der Waals surface area contributed by atoms with Gasteiger partial charge < -0.3 is 5.11 Å². The molecule has 0 aliphatic carbocycles. The molecule has 94 valence electrons. The van der Waals surface area contributed by atoms with Crippen LogP contribution in [0.25, 0.3) is 0 Å². The number of carbonyl (C=O) groups excluding carboxylic acids is 1. The van der Waals surface area contributed by atoms with Crippen molar-refractivity contribution in [3.05, 3.63) is 0 Å². The van der Waals surface area contributed by atoms with Gasteiger partial charge in [-0.25, -0.2) is 0 Å².